The predicted octanol–water partition coefficient (Wildman–Crippen LogP) is 1.98. The molecule has 0 radical (unpaired) electrons. The SMILES string of the molecule is C=C(Cl)CNCC(C)C. The second-order valence-electron chi connectivity index (χ2n) is 2.54. The van der Waals surface area contributed by atoms with Crippen molar-refractivity contribution in [1.82, 2.24) is 5.32 Å². The maximum atomic E-state index is 5.50. The zero-order valence-electron chi connectivity index (χ0n) is 6.08. The summed E-state index contributed by atoms with van der Waals surface area (Å²) in [5.41, 5.74) is 0. The molecule has 0 atom stereocenters. The lowest BCUT2D eigenvalue weighted by Gasteiger charge is -2.04. The largest absolute Gasteiger partial charge is 0.312 e. The summed E-state index contributed by atoms with van der Waals surface area (Å²) in [7, 11) is 0. The van der Waals surface area contributed by atoms with E-state index in [2.05, 4.69) is 25.7 Å². The van der Waals surface area contributed by atoms with E-state index in [4.69, 9.17) is 11.6 Å². The van der Waals surface area contributed by atoms with Crippen molar-refractivity contribution in [1.29, 1.82) is 0 Å². The summed E-state index contributed by atoms with van der Waals surface area (Å²) in [4.78, 5) is 0. The Morgan fingerprint density at radius 3 is 2.56 bits per heavy atom. The third kappa shape index (κ3) is 7.99. The maximum absolute atomic E-state index is 5.50. The van der Waals surface area contributed by atoms with Crippen molar-refractivity contribution >= 4 is 11.6 Å². The van der Waals surface area contributed by atoms with Crippen molar-refractivity contribution in [3.8, 4) is 0 Å². The van der Waals surface area contributed by atoms with Crippen LogP contribution in [0, 0.1) is 5.92 Å². The highest BCUT2D eigenvalue weighted by Gasteiger charge is 1.91. The molecule has 0 rings (SSSR count). The average Bonchev–Trinajstić information content (AvgIpc) is 1.63. The molecule has 0 fully saturated rings. The minimum Gasteiger partial charge on any atom is -0.312 e. The van der Waals surface area contributed by atoms with Gasteiger partial charge in [0, 0.05) is 11.6 Å². The Morgan fingerprint density at radius 2 is 2.22 bits per heavy atom. The molecule has 0 aliphatic rings. The zero-order chi connectivity index (χ0) is 7.28. The van der Waals surface area contributed by atoms with Crippen LogP contribution >= 0.6 is 11.6 Å². The number of nitrogens with one attached hydrogen (secondary N) is 1. The maximum Gasteiger partial charge on any atom is 0.0307 e. The van der Waals surface area contributed by atoms with Gasteiger partial charge in [0.1, 0.15) is 0 Å². The van der Waals surface area contributed by atoms with Gasteiger partial charge in [-0.15, -0.1) is 0 Å². The molecule has 9 heavy (non-hydrogen) atoms. The second-order valence-corrected chi connectivity index (χ2v) is 3.08. The van der Waals surface area contributed by atoms with Crippen LogP contribution in [0.2, 0.25) is 0 Å². The first kappa shape index (κ1) is 8.99. The molecular formula is C7H14ClN. The van der Waals surface area contributed by atoms with E-state index in [-0.39, 0.29) is 0 Å². The first-order valence-electron chi connectivity index (χ1n) is 3.17. The summed E-state index contributed by atoms with van der Waals surface area (Å²) < 4.78 is 0. The number of hydrogen-bond acceptors (Lipinski definition) is 1. The van der Waals surface area contributed by atoms with Crippen molar-refractivity contribution in [3.05, 3.63) is 11.6 Å². The molecule has 0 unspecified atom stereocenters. The van der Waals surface area contributed by atoms with Crippen LogP contribution in [-0.4, -0.2) is 13.1 Å². The molecule has 0 aromatic rings. The van der Waals surface area contributed by atoms with Crippen molar-refractivity contribution in [2.24, 2.45) is 5.92 Å². The van der Waals surface area contributed by atoms with E-state index in [1.54, 1.807) is 0 Å². The molecule has 0 saturated carbocycles. The third-order valence-electron chi connectivity index (χ3n) is 0.869. The Kier molecular flexibility index (Phi) is 4.83. The van der Waals surface area contributed by atoms with Gasteiger partial charge >= 0.3 is 0 Å². The van der Waals surface area contributed by atoms with Crippen LogP contribution in [-0.2, 0) is 0 Å². The van der Waals surface area contributed by atoms with Gasteiger partial charge in [0.25, 0.3) is 0 Å². The molecule has 54 valence electrons. The quantitative estimate of drug-likeness (QED) is 0.642. The van der Waals surface area contributed by atoms with E-state index < -0.39 is 0 Å². The molecule has 0 heterocycles. The zero-order valence-corrected chi connectivity index (χ0v) is 6.83. The summed E-state index contributed by atoms with van der Waals surface area (Å²) >= 11 is 5.50. The highest BCUT2D eigenvalue weighted by atomic mass is 35.5. The van der Waals surface area contributed by atoms with Gasteiger partial charge in [0.05, 0.1) is 0 Å². The highest BCUT2D eigenvalue weighted by Crippen LogP contribution is 1.93. The first-order chi connectivity index (χ1) is 4.13. The van der Waals surface area contributed by atoms with Crippen LogP contribution < -0.4 is 5.32 Å². The van der Waals surface area contributed by atoms with Gasteiger partial charge in [0.15, 0.2) is 0 Å². The van der Waals surface area contributed by atoms with E-state index >= 15 is 0 Å². The standard InChI is InChI=1S/C7H14ClN/c1-6(2)4-9-5-7(3)8/h6,9H,3-5H2,1-2H3. The minimum absolute atomic E-state index is 0.677. The second kappa shape index (κ2) is 4.83. The highest BCUT2D eigenvalue weighted by molar-refractivity contribution is 6.29. The molecule has 0 aromatic heterocycles. The summed E-state index contributed by atoms with van der Waals surface area (Å²) in [6.45, 7) is 9.60. The number of rotatable bonds is 4. The monoisotopic (exact) mass is 147 g/mol. The first-order valence-corrected chi connectivity index (χ1v) is 3.54. The summed E-state index contributed by atoms with van der Waals surface area (Å²) in [5, 5.41) is 3.83. The fourth-order valence-corrected chi connectivity index (χ4v) is 0.591. The fourth-order valence-electron chi connectivity index (χ4n) is 0.496. The summed E-state index contributed by atoms with van der Waals surface area (Å²) in [6.07, 6.45) is 0. The normalized spacial score (nSPS) is 10.2. The van der Waals surface area contributed by atoms with Crippen LogP contribution in [0.5, 0.6) is 0 Å². The van der Waals surface area contributed by atoms with Gasteiger partial charge in [-0.2, -0.15) is 0 Å². The third-order valence-corrected chi connectivity index (χ3v) is 1.00. The van der Waals surface area contributed by atoms with Crippen molar-refractivity contribution in [2.45, 2.75) is 13.8 Å². The minimum atomic E-state index is 0.677. The predicted molar refractivity (Wildman–Crippen MR) is 42.7 cm³/mol. The van der Waals surface area contributed by atoms with Gasteiger partial charge in [-0.1, -0.05) is 32.0 Å². The Labute approximate surface area is 62.1 Å². The van der Waals surface area contributed by atoms with E-state index in [9.17, 15) is 0 Å². The molecule has 0 aromatic carbocycles. The van der Waals surface area contributed by atoms with Gasteiger partial charge in [0.2, 0.25) is 0 Å². The van der Waals surface area contributed by atoms with E-state index in [1.807, 2.05) is 0 Å². The lowest BCUT2D eigenvalue weighted by atomic mass is 10.2. The van der Waals surface area contributed by atoms with Gasteiger partial charge in [-0.25, -0.2) is 0 Å². The molecule has 0 bridgehead atoms. The lowest BCUT2D eigenvalue weighted by Crippen LogP contribution is -2.20. The van der Waals surface area contributed by atoms with Gasteiger partial charge in [-0.3, -0.25) is 0 Å². The van der Waals surface area contributed by atoms with E-state index in [0.717, 1.165) is 13.1 Å². The number of halogens is 1. The topological polar surface area (TPSA) is 12.0 Å². The molecule has 0 saturated heterocycles. The molecule has 1 N–H and O–H groups in total. The van der Waals surface area contributed by atoms with Crippen molar-refractivity contribution in [2.75, 3.05) is 13.1 Å². The fraction of sp³-hybridized carbons (Fsp3) is 0.714. The smallest absolute Gasteiger partial charge is 0.0307 e. The summed E-state index contributed by atoms with van der Waals surface area (Å²) in [6, 6.07) is 0. The molecule has 2 heteroatoms. The Bertz CT molecular complexity index is 88.9. The van der Waals surface area contributed by atoms with Crippen LogP contribution in [0.4, 0.5) is 0 Å². The Balaban J connectivity index is 3.01. The lowest BCUT2D eigenvalue weighted by molar-refractivity contribution is 0.575. The summed E-state index contributed by atoms with van der Waals surface area (Å²) in [5.74, 6) is 0.681. The van der Waals surface area contributed by atoms with Crippen LogP contribution in [0.3, 0.4) is 0 Å². The molecule has 0 amide bonds. The van der Waals surface area contributed by atoms with Gasteiger partial charge in [-0.05, 0) is 12.5 Å². The molecule has 0 aliphatic heterocycles. The van der Waals surface area contributed by atoms with E-state index in [1.165, 1.54) is 0 Å². The molecule has 0 aliphatic carbocycles. The van der Waals surface area contributed by atoms with Crippen molar-refractivity contribution in [3.63, 3.8) is 0 Å². The van der Waals surface area contributed by atoms with Crippen LogP contribution in [0.15, 0.2) is 11.6 Å². The Hall–Kier alpha value is -0.0100. The Morgan fingerprint density at radius 1 is 1.67 bits per heavy atom. The molecule has 1 nitrogen and oxygen atoms in total. The van der Waals surface area contributed by atoms with Crippen LogP contribution in [0.25, 0.3) is 0 Å². The molecule has 0 spiro atoms. The molecular weight excluding hydrogens is 134 g/mol. The van der Waals surface area contributed by atoms with Crippen LogP contribution in [0.1, 0.15) is 13.8 Å². The van der Waals surface area contributed by atoms with Crippen molar-refractivity contribution < 1.29 is 0 Å². The number of hydrogen-bond donors (Lipinski definition) is 1. The van der Waals surface area contributed by atoms with E-state index in [0.29, 0.717) is 11.0 Å². The average molecular weight is 148 g/mol. The van der Waals surface area contributed by atoms with Gasteiger partial charge < -0.3 is 5.32 Å².